The molecule has 0 aromatic carbocycles. The van der Waals surface area contributed by atoms with Crippen molar-refractivity contribution < 1.29 is 9.59 Å². The molecule has 0 aromatic rings. The molecular formula is C12H24N2O2. The fraction of sp³-hybridized carbons (Fsp3) is 0.833. The quantitative estimate of drug-likeness (QED) is 0.586. The van der Waals surface area contributed by atoms with Gasteiger partial charge in [0.2, 0.25) is 5.91 Å². The fourth-order valence-corrected chi connectivity index (χ4v) is 1.46. The van der Waals surface area contributed by atoms with Crippen molar-refractivity contribution in [3.63, 3.8) is 0 Å². The average molecular weight is 228 g/mol. The Kier molecular flexibility index (Phi) is 8.81. The molecule has 0 aliphatic carbocycles. The van der Waals surface area contributed by atoms with Gasteiger partial charge in [0.05, 0.1) is 6.04 Å². The molecule has 1 amide bonds. The van der Waals surface area contributed by atoms with Gasteiger partial charge in [-0.05, 0) is 25.7 Å². The molecule has 0 saturated carbocycles. The summed E-state index contributed by atoms with van der Waals surface area (Å²) in [6, 6.07) is -0.323. The molecule has 0 aliphatic heterocycles. The second-order valence-corrected chi connectivity index (χ2v) is 4.02. The third kappa shape index (κ3) is 7.40. The Labute approximate surface area is 98.0 Å². The van der Waals surface area contributed by atoms with E-state index in [0.717, 1.165) is 25.7 Å². The second kappa shape index (κ2) is 9.33. The van der Waals surface area contributed by atoms with E-state index >= 15 is 0 Å². The molecule has 4 heteroatoms. The molecule has 0 rings (SSSR count). The first-order valence-electron chi connectivity index (χ1n) is 6.16. The van der Waals surface area contributed by atoms with Crippen LogP contribution < -0.4 is 11.1 Å². The van der Waals surface area contributed by atoms with E-state index in [-0.39, 0.29) is 17.7 Å². The molecule has 0 fully saturated rings. The lowest BCUT2D eigenvalue weighted by Gasteiger charge is -2.09. The second-order valence-electron chi connectivity index (χ2n) is 4.02. The van der Waals surface area contributed by atoms with Gasteiger partial charge < -0.3 is 11.1 Å². The normalized spacial score (nSPS) is 12.2. The monoisotopic (exact) mass is 228 g/mol. The maximum atomic E-state index is 11.2. The molecule has 0 bridgehead atoms. The molecule has 16 heavy (non-hydrogen) atoms. The Bertz CT molecular complexity index is 217. The number of unbranched alkanes of at least 4 members (excludes halogenated alkanes) is 1. The maximum Gasteiger partial charge on any atom is 0.219 e. The van der Waals surface area contributed by atoms with E-state index in [1.807, 2.05) is 13.8 Å². The van der Waals surface area contributed by atoms with E-state index in [4.69, 9.17) is 5.73 Å². The van der Waals surface area contributed by atoms with E-state index in [0.29, 0.717) is 19.4 Å². The van der Waals surface area contributed by atoms with Crippen LogP contribution in [-0.4, -0.2) is 24.3 Å². The van der Waals surface area contributed by atoms with Gasteiger partial charge in [-0.2, -0.15) is 0 Å². The van der Waals surface area contributed by atoms with Gasteiger partial charge in [0.25, 0.3) is 0 Å². The van der Waals surface area contributed by atoms with E-state index in [2.05, 4.69) is 5.32 Å². The lowest BCUT2D eigenvalue weighted by Crippen LogP contribution is -2.30. The number of carbonyl (C=O) groups excluding carboxylic acids is 2. The van der Waals surface area contributed by atoms with E-state index in [1.165, 1.54) is 0 Å². The van der Waals surface area contributed by atoms with Gasteiger partial charge in [0.1, 0.15) is 5.78 Å². The molecule has 3 N–H and O–H groups in total. The number of hydrogen-bond acceptors (Lipinski definition) is 3. The first-order chi connectivity index (χ1) is 7.61. The van der Waals surface area contributed by atoms with Crippen molar-refractivity contribution in [2.45, 2.75) is 58.4 Å². The standard InChI is InChI=1S/C12H24N2O2/c1-3-7-12(16)14-9-6-5-8-10(13)11(15)4-2/h10H,3-9,13H2,1-2H3,(H,14,16). The van der Waals surface area contributed by atoms with Crippen molar-refractivity contribution in [1.29, 1.82) is 0 Å². The van der Waals surface area contributed by atoms with Crippen LogP contribution in [0.1, 0.15) is 52.4 Å². The molecular weight excluding hydrogens is 204 g/mol. The van der Waals surface area contributed by atoms with Gasteiger partial charge in [-0.15, -0.1) is 0 Å². The summed E-state index contributed by atoms with van der Waals surface area (Å²) in [7, 11) is 0. The van der Waals surface area contributed by atoms with Gasteiger partial charge >= 0.3 is 0 Å². The van der Waals surface area contributed by atoms with Crippen LogP contribution in [0.25, 0.3) is 0 Å². The van der Waals surface area contributed by atoms with Crippen LogP contribution in [-0.2, 0) is 9.59 Å². The molecule has 0 radical (unpaired) electrons. The Balaban J connectivity index is 3.40. The first-order valence-corrected chi connectivity index (χ1v) is 6.16. The summed E-state index contributed by atoms with van der Waals surface area (Å²) in [5, 5.41) is 2.84. The van der Waals surface area contributed by atoms with Crippen molar-refractivity contribution in [2.24, 2.45) is 5.73 Å². The van der Waals surface area contributed by atoms with Crippen molar-refractivity contribution in [2.75, 3.05) is 6.54 Å². The average Bonchev–Trinajstić information content (AvgIpc) is 2.27. The number of nitrogens with two attached hydrogens (primary N) is 1. The molecule has 4 nitrogen and oxygen atoms in total. The number of amides is 1. The van der Waals surface area contributed by atoms with Crippen LogP contribution in [0.15, 0.2) is 0 Å². The minimum atomic E-state index is -0.323. The van der Waals surface area contributed by atoms with Crippen LogP contribution in [0.4, 0.5) is 0 Å². The Morgan fingerprint density at radius 2 is 1.94 bits per heavy atom. The minimum Gasteiger partial charge on any atom is -0.356 e. The number of ketones is 1. The van der Waals surface area contributed by atoms with Crippen LogP contribution in [0.3, 0.4) is 0 Å². The van der Waals surface area contributed by atoms with Crippen LogP contribution in [0.5, 0.6) is 0 Å². The van der Waals surface area contributed by atoms with Crippen molar-refractivity contribution in [1.82, 2.24) is 5.32 Å². The Hall–Kier alpha value is -0.900. The summed E-state index contributed by atoms with van der Waals surface area (Å²) in [6.45, 7) is 4.49. The number of Topliss-reactive ketones (excluding diaryl/α,β-unsaturated/α-hetero) is 1. The highest BCUT2D eigenvalue weighted by Crippen LogP contribution is 2.01. The van der Waals surface area contributed by atoms with Gasteiger partial charge in [-0.1, -0.05) is 13.8 Å². The van der Waals surface area contributed by atoms with Crippen LogP contribution >= 0.6 is 0 Å². The summed E-state index contributed by atoms with van der Waals surface area (Å²) in [4.78, 5) is 22.3. The summed E-state index contributed by atoms with van der Waals surface area (Å²) in [5.41, 5.74) is 5.68. The van der Waals surface area contributed by atoms with E-state index < -0.39 is 0 Å². The molecule has 0 aliphatic rings. The smallest absolute Gasteiger partial charge is 0.219 e. The first kappa shape index (κ1) is 15.1. The zero-order valence-electron chi connectivity index (χ0n) is 10.4. The third-order valence-electron chi connectivity index (χ3n) is 2.50. The molecule has 1 unspecified atom stereocenters. The van der Waals surface area contributed by atoms with Gasteiger partial charge in [0.15, 0.2) is 0 Å². The molecule has 0 saturated heterocycles. The zero-order valence-corrected chi connectivity index (χ0v) is 10.4. The summed E-state index contributed by atoms with van der Waals surface area (Å²) in [6.07, 6.45) is 4.47. The molecule has 0 aromatic heterocycles. The lowest BCUT2D eigenvalue weighted by atomic mass is 10.0. The number of hydrogen-bond donors (Lipinski definition) is 2. The highest BCUT2D eigenvalue weighted by molar-refractivity contribution is 5.83. The SMILES string of the molecule is CCCC(=O)NCCCCC(N)C(=O)CC. The zero-order chi connectivity index (χ0) is 12.4. The maximum absolute atomic E-state index is 11.2. The van der Waals surface area contributed by atoms with E-state index in [1.54, 1.807) is 0 Å². The molecule has 0 heterocycles. The fourth-order valence-electron chi connectivity index (χ4n) is 1.46. The predicted molar refractivity (Wildman–Crippen MR) is 65.0 cm³/mol. The van der Waals surface area contributed by atoms with Crippen molar-refractivity contribution >= 4 is 11.7 Å². The highest BCUT2D eigenvalue weighted by atomic mass is 16.1. The van der Waals surface area contributed by atoms with Crippen LogP contribution in [0.2, 0.25) is 0 Å². The predicted octanol–water partition coefficient (Wildman–Crippen LogP) is 1.38. The third-order valence-corrected chi connectivity index (χ3v) is 2.50. The Morgan fingerprint density at radius 3 is 2.50 bits per heavy atom. The number of nitrogens with one attached hydrogen (secondary N) is 1. The largest absolute Gasteiger partial charge is 0.356 e. The lowest BCUT2D eigenvalue weighted by molar-refractivity contribution is -0.121. The van der Waals surface area contributed by atoms with Crippen molar-refractivity contribution in [3.05, 3.63) is 0 Å². The Morgan fingerprint density at radius 1 is 1.25 bits per heavy atom. The minimum absolute atomic E-state index is 0.108. The highest BCUT2D eigenvalue weighted by Gasteiger charge is 2.09. The topological polar surface area (TPSA) is 72.2 Å². The van der Waals surface area contributed by atoms with Gasteiger partial charge in [0, 0.05) is 19.4 Å². The van der Waals surface area contributed by atoms with Gasteiger partial charge in [-0.3, -0.25) is 9.59 Å². The van der Waals surface area contributed by atoms with Crippen molar-refractivity contribution in [3.8, 4) is 0 Å². The molecule has 1 atom stereocenters. The van der Waals surface area contributed by atoms with E-state index in [9.17, 15) is 9.59 Å². The molecule has 94 valence electrons. The van der Waals surface area contributed by atoms with Gasteiger partial charge in [-0.25, -0.2) is 0 Å². The van der Waals surface area contributed by atoms with Crippen LogP contribution in [0, 0.1) is 0 Å². The summed E-state index contributed by atoms with van der Waals surface area (Å²) >= 11 is 0. The summed E-state index contributed by atoms with van der Waals surface area (Å²) in [5.74, 6) is 0.228. The summed E-state index contributed by atoms with van der Waals surface area (Å²) < 4.78 is 0. The molecule has 0 spiro atoms. The number of rotatable bonds is 9. The number of carbonyl (C=O) groups is 2.